The highest BCUT2D eigenvalue weighted by Crippen LogP contribution is 2.08. The summed E-state index contributed by atoms with van der Waals surface area (Å²) in [4.78, 5) is 24.5. The van der Waals surface area contributed by atoms with Crippen LogP contribution in [0, 0.1) is 0 Å². The highest BCUT2D eigenvalue weighted by atomic mass is 16.5. The van der Waals surface area contributed by atoms with E-state index in [-0.39, 0.29) is 6.61 Å². The molecule has 3 rings (SSSR count). The Morgan fingerprint density at radius 2 is 1.91 bits per heavy atom. The van der Waals surface area contributed by atoms with Gasteiger partial charge in [0, 0.05) is 13.1 Å². The van der Waals surface area contributed by atoms with E-state index in [1.807, 2.05) is 35.2 Å². The lowest BCUT2D eigenvalue weighted by atomic mass is 10.2. The summed E-state index contributed by atoms with van der Waals surface area (Å²) in [6.45, 7) is 3.33. The maximum atomic E-state index is 11.7. The molecule has 0 aliphatic carbocycles. The maximum absolute atomic E-state index is 11.7. The molecule has 0 atom stereocenters. The quantitative estimate of drug-likeness (QED) is 0.876. The molecule has 1 saturated heterocycles. The highest BCUT2D eigenvalue weighted by Gasteiger charge is 2.15. The minimum absolute atomic E-state index is 0.240. The molecule has 0 radical (unpaired) electrons. The van der Waals surface area contributed by atoms with Crippen molar-refractivity contribution >= 4 is 5.95 Å². The van der Waals surface area contributed by atoms with Crippen molar-refractivity contribution in [3.63, 3.8) is 0 Å². The van der Waals surface area contributed by atoms with Gasteiger partial charge in [0.15, 0.2) is 0 Å². The smallest absolute Gasteiger partial charge is 0.349 e. The molecule has 7 heteroatoms. The normalized spacial score (nSPS) is 15.0. The van der Waals surface area contributed by atoms with Crippen LogP contribution in [0.25, 0.3) is 0 Å². The SMILES string of the molecule is O=c1nc(N2CCOCC2)nc(COCc2ccccc2)[nH]1. The van der Waals surface area contributed by atoms with Gasteiger partial charge in [0.05, 0.1) is 19.8 Å². The van der Waals surface area contributed by atoms with Crippen LogP contribution in [0.5, 0.6) is 0 Å². The molecule has 2 aromatic rings. The summed E-state index contributed by atoms with van der Waals surface area (Å²) in [5.74, 6) is 0.919. The van der Waals surface area contributed by atoms with Gasteiger partial charge in [-0.3, -0.25) is 4.98 Å². The Bertz CT molecular complexity index is 653. The lowest BCUT2D eigenvalue weighted by Gasteiger charge is -2.26. The van der Waals surface area contributed by atoms with Crippen LogP contribution < -0.4 is 10.6 Å². The number of hydrogen-bond donors (Lipinski definition) is 1. The van der Waals surface area contributed by atoms with Crippen LogP contribution in [-0.2, 0) is 22.7 Å². The first-order valence-electron chi connectivity index (χ1n) is 7.23. The summed E-state index contributed by atoms with van der Waals surface area (Å²) in [5.41, 5.74) is 0.669. The zero-order valence-corrected chi connectivity index (χ0v) is 12.2. The minimum atomic E-state index is -0.408. The van der Waals surface area contributed by atoms with Crippen LogP contribution in [0.2, 0.25) is 0 Å². The van der Waals surface area contributed by atoms with Gasteiger partial charge in [-0.25, -0.2) is 4.79 Å². The topological polar surface area (TPSA) is 80.3 Å². The van der Waals surface area contributed by atoms with E-state index in [1.165, 1.54) is 0 Å². The van der Waals surface area contributed by atoms with Crippen LogP contribution in [-0.4, -0.2) is 41.3 Å². The Morgan fingerprint density at radius 1 is 1.14 bits per heavy atom. The third-order valence-electron chi connectivity index (χ3n) is 3.33. The fraction of sp³-hybridized carbons (Fsp3) is 0.400. The van der Waals surface area contributed by atoms with Crippen LogP contribution >= 0.6 is 0 Å². The number of rotatable bonds is 5. The second-order valence-corrected chi connectivity index (χ2v) is 4.98. The fourth-order valence-electron chi connectivity index (χ4n) is 2.23. The molecule has 0 spiro atoms. The van der Waals surface area contributed by atoms with Gasteiger partial charge in [-0.15, -0.1) is 0 Å². The zero-order chi connectivity index (χ0) is 15.2. The first kappa shape index (κ1) is 14.7. The van der Waals surface area contributed by atoms with E-state index < -0.39 is 5.69 Å². The Balaban J connectivity index is 1.63. The molecule has 1 aromatic carbocycles. The monoisotopic (exact) mass is 302 g/mol. The fourth-order valence-corrected chi connectivity index (χ4v) is 2.23. The van der Waals surface area contributed by atoms with Crippen molar-refractivity contribution in [3.8, 4) is 0 Å². The number of aromatic amines is 1. The van der Waals surface area contributed by atoms with E-state index in [9.17, 15) is 4.79 Å². The van der Waals surface area contributed by atoms with E-state index >= 15 is 0 Å². The van der Waals surface area contributed by atoms with Crippen molar-refractivity contribution in [2.75, 3.05) is 31.2 Å². The molecular formula is C15H18N4O3. The standard InChI is InChI=1S/C15H18N4O3/c20-15-17-13(11-22-10-12-4-2-1-3-5-12)16-14(18-15)19-6-8-21-9-7-19/h1-5H,6-11H2,(H,16,17,18,20). The number of anilines is 1. The maximum Gasteiger partial charge on any atom is 0.349 e. The van der Waals surface area contributed by atoms with Gasteiger partial charge in [0.1, 0.15) is 12.4 Å². The second kappa shape index (κ2) is 7.15. The average molecular weight is 302 g/mol. The summed E-state index contributed by atoms with van der Waals surface area (Å²) >= 11 is 0. The molecule has 0 saturated carbocycles. The number of benzene rings is 1. The van der Waals surface area contributed by atoms with Crippen LogP contribution in [0.1, 0.15) is 11.4 Å². The predicted octanol–water partition coefficient (Wildman–Crippen LogP) is 0.718. The van der Waals surface area contributed by atoms with Gasteiger partial charge in [-0.05, 0) is 5.56 Å². The van der Waals surface area contributed by atoms with Gasteiger partial charge < -0.3 is 14.4 Å². The van der Waals surface area contributed by atoms with Crippen molar-refractivity contribution in [3.05, 3.63) is 52.2 Å². The Morgan fingerprint density at radius 3 is 2.68 bits per heavy atom. The molecule has 2 heterocycles. The van der Waals surface area contributed by atoms with Crippen molar-refractivity contribution in [1.29, 1.82) is 0 Å². The van der Waals surface area contributed by atoms with Crippen LogP contribution in [0.3, 0.4) is 0 Å². The second-order valence-electron chi connectivity index (χ2n) is 4.98. The van der Waals surface area contributed by atoms with Gasteiger partial charge in [0.2, 0.25) is 5.95 Å². The first-order chi connectivity index (χ1) is 10.8. The lowest BCUT2D eigenvalue weighted by Crippen LogP contribution is -2.38. The lowest BCUT2D eigenvalue weighted by molar-refractivity contribution is 0.101. The number of aromatic nitrogens is 3. The highest BCUT2D eigenvalue weighted by molar-refractivity contribution is 5.28. The molecule has 1 aromatic heterocycles. The molecule has 1 aliphatic heterocycles. The molecule has 0 bridgehead atoms. The number of H-pyrrole nitrogens is 1. The molecule has 22 heavy (non-hydrogen) atoms. The zero-order valence-electron chi connectivity index (χ0n) is 12.2. The number of morpholine rings is 1. The van der Waals surface area contributed by atoms with E-state index in [0.717, 1.165) is 5.56 Å². The summed E-state index contributed by atoms with van der Waals surface area (Å²) < 4.78 is 10.9. The third kappa shape index (κ3) is 3.90. The molecule has 7 nitrogen and oxygen atoms in total. The summed E-state index contributed by atoms with van der Waals surface area (Å²) in [6.07, 6.45) is 0. The molecule has 1 N–H and O–H groups in total. The average Bonchev–Trinajstić information content (AvgIpc) is 2.56. The molecular weight excluding hydrogens is 284 g/mol. The summed E-state index contributed by atoms with van der Waals surface area (Å²) in [7, 11) is 0. The van der Waals surface area contributed by atoms with Crippen molar-refractivity contribution < 1.29 is 9.47 Å². The molecule has 1 fully saturated rings. The molecule has 1 aliphatic rings. The predicted molar refractivity (Wildman–Crippen MR) is 80.6 cm³/mol. The number of nitrogens with one attached hydrogen (secondary N) is 1. The van der Waals surface area contributed by atoms with Gasteiger partial charge in [0.25, 0.3) is 0 Å². The third-order valence-corrected chi connectivity index (χ3v) is 3.33. The van der Waals surface area contributed by atoms with E-state index in [1.54, 1.807) is 0 Å². The van der Waals surface area contributed by atoms with Crippen LogP contribution in [0.4, 0.5) is 5.95 Å². The first-order valence-corrected chi connectivity index (χ1v) is 7.23. The molecule has 0 unspecified atom stereocenters. The van der Waals surface area contributed by atoms with Crippen molar-refractivity contribution in [1.82, 2.24) is 15.0 Å². The van der Waals surface area contributed by atoms with E-state index in [0.29, 0.717) is 44.7 Å². The Hall–Kier alpha value is -2.25. The van der Waals surface area contributed by atoms with Crippen molar-refractivity contribution in [2.24, 2.45) is 0 Å². The van der Waals surface area contributed by atoms with Crippen LogP contribution in [0.15, 0.2) is 35.1 Å². The largest absolute Gasteiger partial charge is 0.378 e. The van der Waals surface area contributed by atoms with Gasteiger partial charge in [-0.1, -0.05) is 30.3 Å². The number of nitrogens with zero attached hydrogens (tertiary/aromatic N) is 3. The Labute approximate surface area is 127 Å². The van der Waals surface area contributed by atoms with Crippen molar-refractivity contribution in [2.45, 2.75) is 13.2 Å². The van der Waals surface area contributed by atoms with Gasteiger partial charge in [-0.2, -0.15) is 9.97 Å². The van der Waals surface area contributed by atoms with Gasteiger partial charge >= 0.3 is 5.69 Å². The number of ether oxygens (including phenoxy) is 2. The molecule has 116 valence electrons. The summed E-state index contributed by atoms with van der Waals surface area (Å²) in [6, 6.07) is 9.85. The Kier molecular flexibility index (Phi) is 4.77. The molecule has 0 amide bonds. The van der Waals surface area contributed by atoms with E-state index in [2.05, 4.69) is 15.0 Å². The minimum Gasteiger partial charge on any atom is -0.378 e. The number of hydrogen-bond acceptors (Lipinski definition) is 6. The summed E-state index contributed by atoms with van der Waals surface area (Å²) in [5, 5.41) is 0. The van der Waals surface area contributed by atoms with E-state index in [4.69, 9.17) is 9.47 Å².